The molecular weight excluding hydrogens is 583 g/mol. The van der Waals surface area contributed by atoms with Gasteiger partial charge in [0.1, 0.15) is 0 Å². The van der Waals surface area contributed by atoms with E-state index >= 15 is 0 Å². The number of hydrogen-bond donors (Lipinski definition) is 0. The summed E-state index contributed by atoms with van der Waals surface area (Å²) in [5.74, 6) is 0. The van der Waals surface area contributed by atoms with E-state index < -0.39 is 0 Å². The molecular formula is C45H31N3. The van der Waals surface area contributed by atoms with Gasteiger partial charge < -0.3 is 4.57 Å². The number of fused-ring (bicyclic) bond motifs is 3. The van der Waals surface area contributed by atoms with Crippen LogP contribution in [0.1, 0.15) is 0 Å². The van der Waals surface area contributed by atoms with Crippen molar-refractivity contribution < 1.29 is 0 Å². The van der Waals surface area contributed by atoms with Crippen molar-refractivity contribution in [3.63, 3.8) is 0 Å². The van der Waals surface area contributed by atoms with Gasteiger partial charge in [0.05, 0.1) is 28.1 Å². The molecule has 48 heavy (non-hydrogen) atoms. The molecule has 0 unspecified atom stereocenters. The van der Waals surface area contributed by atoms with Crippen LogP contribution >= 0.6 is 0 Å². The van der Waals surface area contributed by atoms with E-state index in [0.717, 1.165) is 33.9 Å². The Kier molecular flexibility index (Phi) is 6.80. The fourth-order valence-corrected chi connectivity index (χ4v) is 6.81. The Morgan fingerprint density at radius 1 is 0.333 bits per heavy atom. The van der Waals surface area contributed by atoms with Crippen molar-refractivity contribution in [3.8, 4) is 56.1 Å². The molecule has 0 saturated carbocycles. The average molecular weight is 614 g/mol. The van der Waals surface area contributed by atoms with E-state index in [9.17, 15) is 0 Å². The lowest BCUT2D eigenvalue weighted by Gasteiger charge is -2.12. The fraction of sp³-hybridized carbons (Fsp3) is 0. The molecule has 0 aliphatic rings. The molecule has 0 atom stereocenters. The molecule has 2 aromatic heterocycles. The van der Waals surface area contributed by atoms with Crippen molar-refractivity contribution in [1.29, 1.82) is 0 Å². The summed E-state index contributed by atoms with van der Waals surface area (Å²) in [4.78, 5) is 0. The minimum Gasteiger partial charge on any atom is -0.309 e. The van der Waals surface area contributed by atoms with Crippen molar-refractivity contribution in [3.05, 3.63) is 188 Å². The number of benzene rings is 7. The lowest BCUT2D eigenvalue weighted by molar-refractivity contribution is 0.891. The van der Waals surface area contributed by atoms with E-state index in [2.05, 4.69) is 191 Å². The third-order valence-corrected chi connectivity index (χ3v) is 9.18. The van der Waals surface area contributed by atoms with Crippen molar-refractivity contribution in [2.45, 2.75) is 0 Å². The van der Waals surface area contributed by atoms with E-state index in [-0.39, 0.29) is 0 Å². The maximum Gasteiger partial charge on any atom is 0.0934 e. The third-order valence-electron chi connectivity index (χ3n) is 9.18. The Morgan fingerprint density at radius 2 is 0.771 bits per heavy atom. The molecule has 0 fully saturated rings. The Bertz CT molecular complexity index is 2410. The molecule has 0 aliphatic heterocycles. The number of hydrogen-bond acceptors (Lipinski definition) is 1. The molecule has 9 rings (SSSR count). The summed E-state index contributed by atoms with van der Waals surface area (Å²) in [6, 6.07) is 66.8. The normalized spacial score (nSPS) is 11.3. The molecule has 0 radical (unpaired) electrons. The van der Waals surface area contributed by atoms with E-state index in [4.69, 9.17) is 5.10 Å². The standard InChI is InChI=1S/C45H31N3/c1-5-13-32(14-6-1)36-21-27-43-40(29-36)41-30-37(33-15-7-2-8-16-33)22-28-44(41)47(43)38-23-25-39(26-24-38)48-45(35-19-11-4-12-20-35)31-42(46-48)34-17-9-3-10-18-34/h1-31H. The lowest BCUT2D eigenvalue weighted by Crippen LogP contribution is -2.00. The zero-order valence-electron chi connectivity index (χ0n) is 26.2. The van der Waals surface area contributed by atoms with Crippen LogP contribution in [0.2, 0.25) is 0 Å². The van der Waals surface area contributed by atoms with Gasteiger partial charge in [0.2, 0.25) is 0 Å². The predicted octanol–water partition coefficient (Wildman–Crippen LogP) is 11.6. The maximum atomic E-state index is 5.11. The monoisotopic (exact) mass is 613 g/mol. The van der Waals surface area contributed by atoms with E-state index in [0.29, 0.717) is 0 Å². The van der Waals surface area contributed by atoms with Gasteiger partial charge in [0, 0.05) is 27.6 Å². The van der Waals surface area contributed by atoms with Gasteiger partial charge in [-0.25, -0.2) is 4.68 Å². The highest BCUT2D eigenvalue weighted by atomic mass is 15.3. The second-order valence-electron chi connectivity index (χ2n) is 12.1. The molecule has 2 heterocycles. The Balaban J connectivity index is 1.20. The summed E-state index contributed by atoms with van der Waals surface area (Å²) in [6.07, 6.45) is 0. The lowest BCUT2D eigenvalue weighted by atomic mass is 10.0. The van der Waals surface area contributed by atoms with Crippen molar-refractivity contribution in [1.82, 2.24) is 14.3 Å². The molecule has 0 N–H and O–H groups in total. The van der Waals surface area contributed by atoms with Crippen LogP contribution in [0, 0.1) is 0 Å². The summed E-state index contributed by atoms with van der Waals surface area (Å²) < 4.78 is 4.44. The van der Waals surface area contributed by atoms with Crippen molar-refractivity contribution >= 4 is 21.8 Å². The van der Waals surface area contributed by atoms with Crippen LogP contribution in [-0.4, -0.2) is 14.3 Å². The molecule has 7 aromatic carbocycles. The summed E-state index contributed by atoms with van der Waals surface area (Å²) in [6.45, 7) is 0. The highest BCUT2D eigenvalue weighted by Crippen LogP contribution is 2.37. The van der Waals surface area contributed by atoms with Gasteiger partial charge in [-0.05, 0) is 76.9 Å². The zero-order valence-corrected chi connectivity index (χ0v) is 26.2. The number of aromatic nitrogens is 3. The van der Waals surface area contributed by atoms with Crippen molar-refractivity contribution in [2.75, 3.05) is 0 Å². The van der Waals surface area contributed by atoms with Crippen LogP contribution in [0.15, 0.2) is 188 Å². The molecule has 0 spiro atoms. The summed E-state index contributed by atoms with van der Waals surface area (Å²) in [5, 5.41) is 7.58. The Hall–Kier alpha value is -6.45. The average Bonchev–Trinajstić information content (AvgIpc) is 3.76. The van der Waals surface area contributed by atoms with Gasteiger partial charge in [-0.2, -0.15) is 5.10 Å². The highest BCUT2D eigenvalue weighted by Gasteiger charge is 2.17. The first-order chi connectivity index (χ1) is 23.8. The Morgan fingerprint density at radius 3 is 1.27 bits per heavy atom. The summed E-state index contributed by atoms with van der Waals surface area (Å²) in [5.41, 5.74) is 13.6. The fourth-order valence-electron chi connectivity index (χ4n) is 6.81. The second-order valence-corrected chi connectivity index (χ2v) is 12.1. The number of rotatable bonds is 6. The highest BCUT2D eigenvalue weighted by molar-refractivity contribution is 6.11. The van der Waals surface area contributed by atoms with E-state index in [1.165, 1.54) is 44.1 Å². The number of nitrogens with zero attached hydrogens (tertiary/aromatic N) is 3. The molecule has 0 bridgehead atoms. The first-order valence-electron chi connectivity index (χ1n) is 16.3. The van der Waals surface area contributed by atoms with Gasteiger partial charge in [0.25, 0.3) is 0 Å². The Labute approximate surface area is 279 Å². The summed E-state index contributed by atoms with van der Waals surface area (Å²) >= 11 is 0. The SMILES string of the molecule is c1ccc(-c2ccc3c(c2)c2cc(-c4ccccc4)ccc2n3-c2ccc(-n3nc(-c4ccccc4)cc3-c3ccccc3)cc2)cc1. The van der Waals surface area contributed by atoms with Crippen LogP contribution < -0.4 is 0 Å². The van der Waals surface area contributed by atoms with Crippen LogP contribution in [0.25, 0.3) is 77.9 Å². The quantitative estimate of drug-likeness (QED) is 0.183. The zero-order chi connectivity index (χ0) is 31.9. The van der Waals surface area contributed by atoms with Crippen LogP contribution in [-0.2, 0) is 0 Å². The molecule has 0 saturated heterocycles. The minimum absolute atomic E-state index is 0.948. The first-order valence-corrected chi connectivity index (χ1v) is 16.3. The molecule has 9 aromatic rings. The first kappa shape index (κ1) is 27.8. The van der Waals surface area contributed by atoms with Gasteiger partial charge in [-0.3, -0.25) is 0 Å². The summed E-state index contributed by atoms with van der Waals surface area (Å²) in [7, 11) is 0. The minimum atomic E-state index is 0.948. The van der Waals surface area contributed by atoms with Gasteiger partial charge >= 0.3 is 0 Å². The van der Waals surface area contributed by atoms with Crippen LogP contribution in [0.5, 0.6) is 0 Å². The van der Waals surface area contributed by atoms with Crippen molar-refractivity contribution in [2.24, 2.45) is 0 Å². The van der Waals surface area contributed by atoms with Gasteiger partial charge in [0.15, 0.2) is 0 Å². The van der Waals surface area contributed by atoms with Crippen LogP contribution in [0.3, 0.4) is 0 Å². The van der Waals surface area contributed by atoms with E-state index in [1.54, 1.807) is 0 Å². The van der Waals surface area contributed by atoms with E-state index in [1.807, 2.05) is 6.07 Å². The third kappa shape index (κ3) is 4.90. The van der Waals surface area contributed by atoms with Crippen LogP contribution in [0.4, 0.5) is 0 Å². The smallest absolute Gasteiger partial charge is 0.0934 e. The molecule has 0 amide bonds. The topological polar surface area (TPSA) is 22.8 Å². The molecule has 3 heteroatoms. The molecule has 3 nitrogen and oxygen atoms in total. The van der Waals surface area contributed by atoms with Gasteiger partial charge in [-0.1, -0.05) is 133 Å². The van der Waals surface area contributed by atoms with Gasteiger partial charge in [-0.15, -0.1) is 0 Å². The largest absolute Gasteiger partial charge is 0.309 e. The molecule has 0 aliphatic carbocycles. The second kappa shape index (κ2) is 11.7. The molecule has 226 valence electrons. The maximum absolute atomic E-state index is 5.11. The predicted molar refractivity (Wildman–Crippen MR) is 200 cm³/mol.